The number of benzene rings is 3. The van der Waals surface area contributed by atoms with Crippen LogP contribution in [0, 0.1) is 12.7 Å². The molecule has 1 atom stereocenters. The van der Waals surface area contributed by atoms with E-state index in [1.165, 1.54) is 22.4 Å². The van der Waals surface area contributed by atoms with E-state index < -0.39 is 0 Å². The molecule has 0 fully saturated rings. The fraction of sp³-hybridized carbons (Fsp3) is 0.154. The normalized spacial score (nSPS) is 16.4. The molecule has 31 heavy (non-hydrogen) atoms. The zero-order valence-electron chi connectivity index (χ0n) is 17.1. The average Bonchev–Trinajstić information content (AvgIpc) is 3.17. The molecule has 154 valence electrons. The van der Waals surface area contributed by atoms with Crippen LogP contribution < -0.4 is 5.32 Å². The number of allylic oxidation sites excluding steroid dienone is 2. The van der Waals surface area contributed by atoms with Gasteiger partial charge in [-0.25, -0.2) is 9.37 Å². The van der Waals surface area contributed by atoms with Gasteiger partial charge in [0.2, 0.25) is 0 Å². The lowest BCUT2D eigenvalue weighted by Gasteiger charge is -2.23. The molecule has 1 N–H and O–H groups in total. The molecule has 0 radical (unpaired) electrons. The standard InChI is InChI=1S/C26H21FN2OS/c1-16-2-11-24-25(12-16)31-26(29-24)18-5-9-21(10-6-18)28-22-13-19(14-23(30)15-22)17-3-7-20(27)8-4-17/h2-12,15,19,28H,13-14H2,1H3/t19-/m1/s1. The fourth-order valence-electron chi connectivity index (χ4n) is 3.99. The molecule has 0 bridgehead atoms. The molecule has 1 aliphatic carbocycles. The summed E-state index contributed by atoms with van der Waals surface area (Å²) in [6, 6.07) is 20.9. The number of anilines is 1. The van der Waals surface area contributed by atoms with Gasteiger partial charge in [0.15, 0.2) is 5.78 Å². The summed E-state index contributed by atoms with van der Waals surface area (Å²) in [5, 5.41) is 4.38. The van der Waals surface area contributed by atoms with Crippen molar-refractivity contribution in [2.24, 2.45) is 0 Å². The minimum atomic E-state index is -0.261. The van der Waals surface area contributed by atoms with E-state index in [4.69, 9.17) is 4.98 Å². The molecule has 4 aromatic rings. The summed E-state index contributed by atoms with van der Waals surface area (Å²) >= 11 is 1.69. The predicted octanol–water partition coefficient (Wildman–Crippen LogP) is 6.85. The molecular weight excluding hydrogens is 407 g/mol. The van der Waals surface area contributed by atoms with Crippen molar-refractivity contribution in [3.63, 3.8) is 0 Å². The van der Waals surface area contributed by atoms with E-state index in [1.807, 2.05) is 12.1 Å². The fourth-order valence-corrected chi connectivity index (χ4v) is 5.06. The molecule has 0 unspecified atom stereocenters. The lowest BCUT2D eigenvalue weighted by molar-refractivity contribution is -0.115. The minimum Gasteiger partial charge on any atom is -0.359 e. The highest BCUT2D eigenvalue weighted by Crippen LogP contribution is 2.34. The zero-order chi connectivity index (χ0) is 21.4. The van der Waals surface area contributed by atoms with Gasteiger partial charge in [-0.2, -0.15) is 0 Å². The molecule has 0 spiro atoms. The number of carbonyl (C=O) groups is 1. The maximum absolute atomic E-state index is 13.2. The smallest absolute Gasteiger partial charge is 0.158 e. The number of aryl methyl sites for hydroxylation is 1. The van der Waals surface area contributed by atoms with Crippen molar-refractivity contribution in [1.29, 1.82) is 0 Å². The van der Waals surface area contributed by atoms with E-state index in [-0.39, 0.29) is 17.5 Å². The number of aromatic nitrogens is 1. The molecule has 1 heterocycles. The number of fused-ring (bicyclic) bond motifs is 1. The second-order valence-electron chi connectivity index (χ2n) is 7.99. The molecule has 0 saturated carbocycles. The Morgan fingerprint density at radius 2 is 1.77 bits per heavy atom. The summed E-state index contributed by atoms with van der Waals surface area (Å²) in [5.41, 5.74) is 6.13. The maximum Gasteiger partial charge on any atom is 0.158 e. The van der Waals surface area contributed by atoms with Gasteiger partial charge >= 0.3 is 0 Å². The van der Waals surface area contributed by atoms with Crippen molar-refractivity contribution in [3.05, 3.63) is 95.4 Å². The Labute approximate surface area is 184 Å². The van der Waals surface area contributed by atoms with Gasteiger partial charge in [-0.05, 0) is 78.9 Å². The van der Waals surface area contributed by atoms with Crippen molar-refractivity contribution in [2.45, 2.75) is 25.7 Å². The topological polar surface area (TPSA) is 42.0 Å². The Morgan fingerprint density at radius 3 is 2.55 bits per heavy atom. The van der Waals surface area contributed by atoms with E-state index in [1.54, 1.807) is 29.5 Å². The maximum atomic E-state index is 13.2. The monoisotopic (exact) mass is 428 g/mol. The van der Waals surface area contributed by atoms with Gasteiger partial charge in [0, 0.05) is 29.4 Å². The summed E-state index contributed by atoms with van der Waals surface area (Å²) in [6.07, 6.45) is 2.85. The first kappa shape index (κ1) is 19.6. The van der Waals surface area contributed by atoms with Crippen molar-refractivity contribution >= 4 is 33.0 Å². The highest BCUT2D eigenvalue weighted by Gasteiger charge is 2.22. The first-order valence-electron chi connectivity index (χ1n) is 10.3. The van der Waals surface area contributed by atoms with Crippen LogP contribution in [0.1, 0.15) is 29.9 Å². The molecule has 0 amide bonds. The number of nitrogens with one attached hydrogen (secondary N) is 1. The van der Waals surface area contributed by atoms with E-state index in [9.17, 15) is 9.18 Å². The molecule has 0 saturated heterocycles. The van der Waals surface area contributed by atoms with Gasteiger partial charge < -0.3 is 5.32 Å². The average molecular weight is 429 g/mol. The van der Waals surface area contributed by atoms with Crippen molar-refractivity contribution in [3.8, 4) is 10.6 Å². The van der Waals surface area contributed by atoms with E-state index >= 15 is 0 Å². The number of carbonyl (C=O) groups excluding carboxylic acids is 1. The van der Waals surface area contributed by atoms with Crippen LogP contribution in [-0.4, -0.2) is 10.8 Å². The quantitative estimate of drug-likeness (QED) is 0.386. The number of hydrogen-bond acceptors (Lipinski definition) is 4. The summed E-state index contributed by atoms with van der Waals surface area (Å²) < 4.78 is 14.4. The van der Waals surface area contributed by atoms with Crippen LogP contribution in [0.15, 0.2) is 78.5 Å². The SMILES string of the molecule is Cc1ccc2nc(-c3ccc(NC4=CC(=O)C[C@H](c5ccc(F)cc5)C4)cc3)sc2c1. The van der Waals surface area contributed by atoms with Gasteiger partial charge in [-0.3, -0.25) is 4.79 Å². The van der Waals surface area contributed by atoms with E-state index in [0.717, 1.165) is 39.5 Å². The number of thiazole rings is 1. The summed E-state index contributed by atoms with van der Waals surface area (Å²) in [5.74, 6) is -0.112. The largest absolute Gasteiger partial charge is 0.359 e. The lowest BCUT2D eigenvalue weighted by atomic mass is 9.85. The Balaban J connectivity index is 1.32. The van der Waals surface area contributed by atoms with Crippen LogP contribution in [0.25, 0.3) is 20.8 Å². The predicted molar refractivity (Wildman–Crippen MR) is 125 cm³/mol. The van der Waals surface area contributed by atoms with Crippen molar-refractivity contribution < 1.29 is 9.18 Å². The molecule has 1 aliphatic rings. The Kier molecular flexibility index (Phi) is 5.12. The summed E-state index contributed by atoms with van der Waals surface area (Å²) in [4.78, 5) is 17.0. The van der Waals surface area contributed by atoms with Crippen LogP contribution in [0.4, 0.5) is 10.1 Å². The Morgan fingerprint density at radius 1 is 1.00 bits per heavy atom. The van der Waals surface area contributed by atoms with Crippen molar-refractivity contribution in [2.75, 3.05) is 5.32 Å². The van der Waals surface area contributed by atoms with Crippen LogP contribution in [0.2, 0.25) is 0 Å². The van der Waals surface area contributed by atoms with Crippen LogP contribution in [0.3, 0.4) is 0 Å². The first-order chi connectivity index (χ1) is 15.0. The second kappa shape index (κ2) is 8.08. The van der Waals surface area contributed by atoms with Crippen LogP contribution in [-0.2, 0) is 4.79 Å². The first-order valence-corrected chi connectivity index (χ1v) is 11.1. The van der Waals surface area contributed by atoms with Gasteiger partial charge in [-0.15, -0.1) is 11.3 Å². The van der Waals surface area contributed by atoms with Gasteiger partial charge in [0.1, 0.15) is 10.8 Å². The van der Waals surface area contributed by atoms with Gasteiger partial charge in [0.25, 0.3) is 0 Å². The highest BCUT2D eigenvalue weighted by molar-refractivity contribution is 7.21. The summed E-state index contributed by atoms with van der Waals surface area (Å²) in [6.45, 7) is 2.09. The number of hydrogen-bond donors (Lipinski definition) is 1. The second-order valence-corrected chi connectivity index (χ2v) is 9.02. The van der Waals surface area contributed by atoms with Crippen LogP contribution in [0.5, 0.6) is 0 Å². The Hall–Kier alpha value is -3.31. The summed E-state index contributed by atoms with van der Waals surface area (Å²) in [7, 11) is 0. The van der Waals surface area contributed by atoms with E-state index in [2.05, 4.69) is 42.6 Å². The number of rotatable bonds is 4. The third kappa shape index (κ3) is 4.28. The Bertz CT molecular complexity index is 1290. The number of nitrogens with zero attached hydrogens (tertiary/aromatic N) is 1. The molecule has 0 aliphatic heterocycles. The highest BCUT2D eigenvalue weighted by atomic mass is 32.1. The minimum absolute atomic E-state index is 0.0612. The van der Waals surface area contributed by atoms with Crippen LogP contribution >= 0.6 is 11.3 Å². The van der Waals surface area contributed by atoms with Crippen molar-refractivity contribution in [1.82, 2.24) is 4.98 Å². The number of halogens is 1. The zero-order valence-corrected chi connectivity index (χ0v) is 17.9. The van der Waals surface area contributed by atoms with Gasteiger partial charge in [0.05, 0.1) is 10.2 Å². The molecule has 5 rings (SSSR count). The molecule has 3 nitrogen and oxygen atoms in total. The molecule has 1 aromatic heterocycles. The third-order valence-corrected chi connectivity index (χ3v) is 6.64. The number of ketones is 1. The lowest BCUT2D eigenvalue weighted by Crippen LogP contribution is -2.16. The van der Waals surface area contributed by atoms with E-state index in [0.29, 0.717) is 6.42 Å². The molecule has 3 aromatic carbocycles. The third-order valence-electron chi connectivity index (χ3n) is 5.57. The molecular formula is C26H21FN2OS. The van der Waals surface area contributed by atoms with Gasteiger partial charge in [-0.1, -0.05) is 18.2 Å². The molecule has 5 heteroatoms.